The number of hydrogen-bond donors (Lipinski definition) is 2. The van der Waals surface area contributed by atoms with Gasteiger partial charge in [-0.2, -0.15) is 0 Å². The first-order valence-electron chi connectivity index (χ1n) is 7.81. The molecule has 4 heteroatoms. The molecular formula is C19H22N2O2. The van der Waals surface area contributed by atoms with Gasteiger partial charge in [-0.3, -0.25) is 9.59 Å². The minimum absolute atomic E-state index is 0.00434. The molecule has 4 nitrogen and oxygen atoms in total. The third-order valence-electron chi connectivity index (χ3n) is 3.63. The van der Waals surface area contributed by atoms with E-state index in [4.69, 9.17) is 0 Å². The van der Waals surface area contributed by atoms with Gasteiger partial charge in [-0.15, -0.1) is 0 Å². The first kappa shape index (κ1) is 16.7. The van der Waals surface area contributed by atoms with Crippen LogP contribution in [0.3, 0.4) is 0 Å². The molecule has 0 aliphatic rings. The first-order chi connectivity index (χ1) is 11.2. The zero-order chi connectivity index (χ0) is 16.5. The Labute approximate surface area is 136 Å². The molecular weight excluding hydrogens is 288 g/mol. The zero-order valence-corrected chi connectivity index (χ0v) is 13.3. The van der Waals surface area contributed by atoms with Crippen LogP contribution in [0.15, 0.2) is 60.7 Å². The van der Waals surface area contributed by atoms with Gasteiger partial charge in [-0.1, -0.05) is 55.5 Å². The third-order valence-corrected chi connectivity index (χ3v) is 3.63. The van der Waals surface area contributed by atoms with Gasteiger partial charge in [0.25, 0.3) is 5.91 Å². The molecule has 2 amide bonds. The average Bonchev–Trinajstić information content (AvgIpc) is 2.60. The summed E-state index contributed by atoms with van der Waals surface area (Å²) in [6, 6.07) is 19.0. The van der Waals surface area contributed by atoms with Crippen molar-refractivity contribution in [2.75, 3.05) is 13.1 Å². The average molecular weight is 310 g/mol. The number of hydrogen-bond acceptors (Lipinski definition) is 2. The summed E-state index contributed by atoms with van der Waals surface area (Å²) in [5.74, 6) is 0.0444. The van der Waals surface area contributed by atoms with Crippen molar-refractivity contribution in [1.29, 1.82) is 0 Å². The van der Waals surface area contributed by atoms with Crippen LogP contribution in [-0.4, -0.2) is 24.9 Å². The second kappa shape index (κ2) is 8.73. The van der Waals surface area contributed by atoms with E-state index in [1.165, 1.54) is 0 Å². The molecule has 2 aromatic rings. The Kier molecular flexibility index (Phi) is 6.36. The minimum atomic E-state index is -0.127. The van der Waals surface area contributed by atoms with E-state index in [2.05, 4.69) is 10.6 Å². The van der Waals surface area contributed by atoms with E-state index in [-0.39, 0.29) is 17.7 Å². The Bertz CT molecular complexity index is 626. The minimum Gasteiger partial charge on any atom is -0.354 e. The molecule has 0 bridgehead atoms. The van der Waals surface area contributed by atoms with E-state index < -0.39 is 0 Å². The lowest BCUT2D eigenvalue weighted by molar-refractivity contribution is -0.121. The van der Waals surface area contributed by atoms with Crippen molar-refractivity contribution >= 4 is 11.8 Å². The Morgan fingerprint density at radius 1 is 0.870 bits per heavy atom. The molecule has 0 spiro atoms. The van der Waals surface area contributed by atoms with Gasteiger partial charge >= 0.3 is 0 Å². The highest BCUT2D eigenvalue weighted by Crippen LogP contribution is 2.17. The van der Waals surface area contributed by atoms with Gasteiger partial charge in [0.15, 0.2) is 0 Å². The summed E-state index contributed by atoms with van der Waals surface area (Å²) in [7, 11) is 0. The highest BCUT2D eigenvalue weighted by atomic mass is 16.2. The van der Waals surface area contributed by atoms with Crippen molar-refractivity contribution in [2.45, 2.75) is 19.3 Å². The second-order valence-corrected chi connectivity index (χ2v) is 5.49. The van der Waals surface area contributed by atoms with Gasteiger partial charge in [0, 0.05) is 25.1 Å². The maximum absolute atomic E-state index is 11.9. The molecule has 2 aromatic carbocycles. The highest BCUT2D eigenvalue weighted by molar-refractivity contribution is 5.94. The fourth-order valence-electron chi connectivity index (χ4n) is 2.32. The summed E-state index contributed by atoms with van der Waals surface area (Å²) in [5.41, 5.74) is 1.77. The number of nitrogens with one attached hydrogen (secondary N) is 2. The van der Waals surface area contributed by atoms with Crippen LogP contribution in [0.4, 0.5) is 0 Å². The molecule has 0 aliphatic heterocycles. The van der Waals surface area contributed by atoms with Crippen LogP contribution in [0.5, 0.6) is 0 Å². The Balaban J connectivity index is 1.66. The van der Waals surface area contributed by atoms with E-state index in [9.17, 15) is 9.59 Å². The quantitative estimate of drug-likeness (QED) is 0.773. The van der Waals surface area contributed by atoms with Crippen molar-refractivity contribution in [3.63, 3.8) is 0 Å². The molecule has 2 N–H and O–H groups in total. The van der Waals surface area contributed by atoms with E-state index in [1.807, 2.05) is 55.5 Å². The third kappa shape index (κ3) is 5.58. The number of carbonyl (C=O) groups is 2. The highest BCUT2D eigenvalue weighted by Gasteiger charge is 2.10. The van der Waals surface area contributed by atoms with E-state index in [0.717, 1.165) is 5.56 Å². The van der Waals surface area contributed by atoms with Crippen LogP contribution < -0.4 is 10.6 Å². The van der Waals surface area contributed by atoms with Crippen molar-refractivity contribution in [2.24, 2.45) is 0 Å². The number of rotatable bonds is 7. The van der Waals surface area contributed by atoms with E-state index in [1.54, 1.807) is 12.1 Å². The summed E-state index contributed by atoms with van der Waals surface area (Å²) in [4.78, 5) is 23.7. The second-order valence-electron chi connectivity index (χ2n) is 5.49. The first-order valence-corrected chi connectivity index (χ1v) is 7.81. The van der Waals surface area contributed by atoms with Crippen molar-refractivity contribution in [1.82, 2.24) is 10.6 Å². The molecule has 23 heavy (non-hydrogen) atoms. The topological polar surface area (TPSA) is 58.2 Å². The maximum Gasteiger partial charge on any atom is 0.251 e. The molecule has 0 aliphatic carbocycles. The summed E-state index contributed by atoms with van der Waals surface area (Å²) in [6.07, 6.45) is 0.441. The fourth-order valence-corrected chi connectivity index (χ4v) is 2.32. The molecule has 0 radical (unpaired) electrons. The fraction of sp³-hybridized carbons (Fsp3) is 0.263. The molecule has 0 saturated heterocycles. The van der Waals surface area contributed by atoms with E-state index in [0.29, 0.717) is 25.1 Å². The number of benzene rings is 2. The molecule has 1 unspecified atom stereocenters. The van der Waals surface area contributed by atoms with Crippen LogP contribution in [0, 0.1) is 0 Å². The Morgan fingerprint density at radius 3 is 2.09 bits per heavy atom. The van der Waals surface area contributed by atoms with Crippen LogP contribution in [-0.2, 0) is 4.79 Å². The number of amides is 2. The van der Waals surface area contributed by atoms with Crippen LogP contribution in [0.25, 0.3) is 0 Å². The smallest absolute Gasteiger partial charge is 0.251 e. The maximum atomic E-state index is 11.9. The molecule has 0 heterocycles. The van der Waals surface area contributed by atoms with Gasteiger partial charge in [-0.25, -0.2) is 0 Å². The molecule has 0 aromatic heterocycles. The molecule has 120 valence electrons. The molecule has 1 atom stereocenters. The largest absolute Gasteiger partial charge is 0.354 e. The van der Waals surface area contributed by atoms with Crippen LogP contribution in [0.2, 0.25) is 0 Å². The van der Waals surface area contributed by atoms with E-state index >= 15 is 0 Å². The normalized spacial score (nSPS) is 11.5. The molecule has 2 rings (SSSR count). The van der Waals surface area contributed by atoms with Gasteiger partial charge in [-0.05, 0) is 23.6 Å². The predicted octanol–water partition coefficient (Wildman–Crippen LogP) is 2.73. The van der Waals surface area contributed by atoms with Crippen LogP contribution >= 0.6 is 0 Å². The lowest BCUT2D eigenvalue weighted by Crippen LogP contribution is -2.35. The lowest BCUT2D eigenvalue weighted by atomic mass is 9.98. The predicted molar refractivity (Wildman–Crippen MR) is 91.3 cm³/mol. The summed E-state index contributed by atoms with van der Waals surface area (Å²) in [5, 5.41) is 5.62. The number of carbonyl (C=O) groups excluding carboxylic acids is 2. The van der Waals surface area contributed by atoms with Crippen LogP contribution in [0.1, 0.15) is 35.2 Å². The standard InChI is InChI=1S/C19H22N2O2/c1-15(16-8-4-2-5-9-16)14-18(22)20-12-13-21-19(23)17-10-6-3-7-11-17/h2-11,15H,12-14H2,1H3,(H,20,22)(H,21,23). The van der Waals surface area contributed by atoms with Gasteiger partial charge in [0.1, 0.15) is 0 Å². The Morgan fingerprint density at radius 2 is 1.43 bits per heavy atom. The molecule has 0 saturated carbocycles. The lowest BCUT2D eigenvalue weighted by Gasteiger charge is -2.12. The van der Waals surface area contributed by atoms with Gasteiger partial charge in [0.05, 0.1) is 0 Å². The van der Waals surface area contributed by atoms with Gasteiger partial charge in [0.2, 0.25) is 5.91 Å². The van der Waals surface area contributed by atoms with Crippen molar-refractivity contribution in [3.05, 3.63) is 71.8 Å². The van der Waals surface area contributed by atoms with Crippen molar-refractivity contribution in [3.8, 4) is 0 Å². The summed E-state index contributed by atoms with van der Waals surface area (Å²) < 4.78 is 0. The van der Waals surface area contributed by atoms with Gasteiger partial charge < -0.3 is 10.6 Å². The molecule has 0 fully saturated rings. The van der Waals surface area contributed by atoms with Crippen molar-refractivity contribution < 1.29 is 9.59 Å². The summed E-state index contributed by atoms with van der Waals surface area (Å²) >= 11 is 0. The zero-order valence-electron chi connectivity index (χ0n) is 13.3. The Hall–Kier alpha value is -2.62. The monoisotopic (exact) mass is 310 g/mol. The summed E-state index contributed by atoms with van der Waals surface area (Å²) in [6.45, 7) is 2.88. The SMILES string of the molecule is CC(CC(=O)NCCNC(=O)c1ccccc1)c1ccccc1.